The number of imide groups is 1. The van der Waals surface area contributed by atoms with Gasteiger partial charge in [-0.1, -0.05) is 19.1 Å². The van der Waals surface area contributed by atoms with Crippen LogP contribution in [0.25, 0.3) is 0 Å². The largest absolute Gasteiger partial charge is 0.343 e. The molecule has 1 aromatic rings. The van der Waals surface area contributed by atoms with Crippen LogP contribution in [-0.2, 0) is 16.1 Å². The molecule has 1 aromatic carbocycles. The van der Waals surface area contributed by atoms with Gasteiger partial charge >= 0.3 is 0 Å². The molecule has 3 aliphatic rings. The summed E-state index contributed by atoms with van der Waals surface area (Å²) >= 11 is 0. The van der Waals surface area contributed by atoms with Gasteiger partial charge in [-0.05, 0) is 61.9 Å². The molecule has 1 aliphatic carbocycles. The number of hydrogen-bond donors (Lipinski definition) is 2. The zero-order chi connectivity index (χ0) is 23.5. The third kappa shape index (κ3) is 4.51. The van der Waals surface area contributed by atoms with Gasteiger partial charge in [0, 0.05) is 30.3 Å². The molecule has 2 aliphatic heterocycles. The topological polar surface area (TPSA) is 108 Å². The van der Waals surface area contributed by atoms with Crippen LogP contribution in [0.4, 0.5) is 0 Å². The first-order chi connectivity index (χ1) is 15.9. The van der Waals surface area contributed by atoms with Crippen molar-refractivity contribution in [3.8, 4) is 0 Å². The van der Waals surface area contributed by atoms with Crippen molar-refractivity contribution in [2.75, 3.05) is 0 Å². The highest BCUT2D eigenvalue weighted by atomic mass is 16.2. The minimum Gasteiger partial charge on any atom is -0.343 e. The molecule has 1 saturated carbocycles. The highest BCUT2D eigenvalue weighted by Crippen LogP contribution is 2.31. The van der Waals surface area contributed by atoms with Gasteiger partial charge in [-0.2, -0.15) is 0 Å². The summed E-state index contributed by atoms with van der Waals surface area (Å²) in [5.74, 6) is -0.957. The normalized spacial score (nSPS) is 22.1. The second-order valence-electron chi connectivity index (χ2n) is 8.65. The van der Waals surface area contributed by atoms with Gasteiger partial charge in [-0.3, -0.25) is 29.5 Å². The fourth-order valence-corrected chi connectivity index (χ4v) is 4.57. The van der Waals surface area contributed by atoms with Crippen LogP contribution in [0.3, 0.4) is 0 Å². The van der Waals surface area contributed by atoms with E-state index in [0.29, 0.717) is 29.0 Å². The number of carbonyl (C=O) groups is 4. The highest BCUT2D eigenvalue weighted by Gasteiger charge is 2.39. The van der Waals surface area contributed by atoms with E-state index in [9.17, 15) is 19.2 Å². The molecule has 0 bridgehead atoms. The maximum atomic E-state index is 13.1. The van der Waals surface area contributed by atoms with Gasteiger partial charge in [0.25, 0.3) is 11.8 Å². The molecule has 0 radical (unpaired) electrons. The average Bonchev–Trinajstić information content (AvgIpc) is 3.08. The lowest BCUT2D eigenvalue weighted by Crippen LogP contribution is -2.52. The molecule has 1 unspecified atom stereocenters. The molecule has 2 heterocycles. The Morgan fingerprint density at radius 1 is 1.27 bits per heavy atom. The first-order valence-corrected chi connectivity index (χ1v) is 11.3. The Hall–Kier alpha value is -3.55. The van der Waals surface area contributed by atoms with Crippen LogP contribution in [0.1, 0.15) is 65.3 Å². The average molecular weight is 449 g/mol. The van der Waals surface area contributed by atoms with Crippen LogP contribution in [-0.4, -0.2) is 46.3 Å². The van der Waals surface area contributed by atoms with E-state index < -0.39 is 11.9 Å². The van der Waals surface area contributed by atoms with Crippen LogP contribution in [0.5, 0.6) is 0 Å². The molecule has 4 amide bonds. The van der Waals surface area contributed by atoms with Crippen molar-refractivity contribution in [3.05, 3.63) is 59.8 Å². The Bertz CT molecular complexity index is 1070. The third-order valence-electron chi connectivity index (χ3n) is 6.59. The lowest BCUT2D eigenvalue weighted by molar-refractivity contribution is -0.136. The minimum atomic E-state index is -0.680. The maximum Gasteiger partial charge on any atom is 0.255 e. The molecule has 8 heteroatoms. The van der Waals surface area contributed by atoms with Gasteiger partial charge in [-0.25, -0.2) is 0 Å². The lowest BCUT2D eigenvalue weighted by atomic mass is 9.77. The number of benzene rings is 1. The third-order valence-corrected chi connectivity index (χ3v) is 6.59. The second kappa shape index (κ2) is 9.52. The van der Waals surface area contributed by atoms with Gasteiger partial charge in [0.05, 0.1) is 11.8 Å². The van der Waals surface area contributed by atoms with Gasteiger partial charge in [0.2, 0.25) is 11.8 Å². The van der Waals surface area contributed by atoms with Crippen molar-refractivity contribution >= 4 is 29.3 Å². The van der Waals surface area contributed by atoms with Gasteiger partial charge in [0.1, 0.15) is 6.04 Å². The van der Waals surface area contributed by atoms with E-state index in [1.165, 1.54) is 4.90 Å². The number of hydrogen-bond acceptors (Lipinski definition) is 5. The summed E-state index contributed by atoms with van der Waals surface area (Å²) in [4.78, 5) is 55.6. The van der Waals surface area contributed by atoms with Crippen molar-refractivity contribution in [2.45, 2.75) is 57.7 Å². The minimum absolute atomic E-state index is 0.202. The summed E-state index contributed by atoms with van der Waals surface area (Å²) in [6, 6.07) is 4.08. The number of allylic oxidation sites excluding steroid dienone is 1. The van der Waals surface area contributed by atoms with E-state index in [-0.39, 0.29) is 36.7 Å². The monoisotopic (exact) mass is 448 g/mol. The van der Waals surface area contributed by atoms with Crippen molar-refractivity contribution < 1.29 is 19.2 Å². The number of nitrogens with one attached hydrogen (secondary N) is 2. The molecule has 2 N–H and O–H groups in total. The standard InChI is InChI=1S/C25H28N4O4/c1-3-12-26-19(4-2)22(15-6-5-7-15)28-23(31)16-8-9-18-17(13-16)14-29(25(18)33)20-10-11-21(30)27-24(20)32/h3-4,8-9,12-13,15,20,22H,2,5-7,10-11,14H2,1H3,(H,28,31)(H,27,30,32)/b12-3-,26-19?/t20?,22-/m1/s1. The molecule has 172 valence electrons. The van der Waals surface area contributed by atoms with Crippen molar-refractivity contribution in [1.82, 2.24) is 15.5 Å². The fourth-order valence-electron chi connectivity index (χ4n) is 4.57. The zero-order valence-electron chi connectivity index (χ0n) is 18.7. The number of aliphatic imine (C=N–C) groups is 1. The van der Waals surface area contributed by atoms with E-state index >= 15 is 0 Å². The predicted molar refractivity (Wildman–Crippen MR) is 124 cm³/mol. The molecule has 0 aromatic heterocycles. The number of carbonyl (C=O) groups excluding carboxylic acids is 4. The molecule has 2 fully saturated rings. The van der Waals surface area contributed by atoms with Gasteiger partial charge < -0.3 is 10.2 Å². The zero-order valence-corrected chi connectivity index (χ0v) is 18.7. The van der Waals surface area contributed by atoms with Crippen molar-refractivity contribution in [1.29, 1.82) is 0 Å². The molecule has 2 atom stereocenters. The Labute approximate surface area is 192 Å². The smallest absolute Gasteiger partial charge is 0.255 e. The first-order valence-electron chi connectivity index (χ1n) is 11.3. The number of rotatable bonds is 7. The Morgan fingerprint density at radius 3 is 2.70 bits per heavy atom. The Kier molecular flexibility index (Phi) is 6.53. The van der Waals surface area contributed by atoms with Crippen LogP contribution < -0.4 is 10.6 Å². The van der Waals surface area contributed by atoms with Crippen LogP contribution in [0.15, 0.2) is 48.1 Å². The fraction of sp³-hybridized carbons (Fsp3) is 0.400. The number of piperidine rings is 1. The Morgan fingerprint density at radius 2 is 2.06 bits per heavy atom. The number of fused-ring (bicyclic) bond motifs is 1. The van der Waals surface area contributed by atoms with Crippen LogP contribution >= 0.6 is 0 Å². The summed E-state index contributed by atoms with van der Waals surface area (Å²) in [7, 11) is 0. The van der Waals surface area contributed by atoms with Crippen molar-refractivity contribution in [2.24, 2.45) is 10.9 Å². The van der Waals surface area contributed by atoms with Crippen LogP contribution in [0, 0.1) is 5.92 Å². The summed E-state index contributed by atoms with van der Waals surface area (Å²) < 4.78 is 0. The van der Waals surface area contributed by atoms with Gasteiger partial charge in [0.15, 0.2) is 0 Å². The molecular weight excluding hydrogens is 420 g/mol. The van der Waals surface area contributed by atoms with E-state index in [2.05, 4.69) is 22.2 Å². The predicted octanol–water partition coefficient (Wildman–Crippen LogP) is 2.51. The number of amides is 4. The molecular formula is C25H28N4O4. The molecule has 1 saturated heterocycles. The quantitative estimate of drug-likeness (QED) is 0.494. The summed E-state index contributed by atoms with van der Waals surface area (Å²) in [6.07, 6.45) is 8.88. The second-order valence-corrected chi connectivity index (χ2v) is 8.65. The summed E-state index contributed by atoms with van der Waals surface area (Å²) in [5.41, 5.74) is 2.36. The molecule has 0 spiro atoms. The molecule has 8 nitrogen and oxygen atoms in total. The first kappa shape index (κ1) is 22.6. The van der Waals surface area contributed by atoms with Crippen molar-refractivity contribution in [3.63, 3.8) is 0 Å². The maximum absolute atomic E-state index is 13.1. The highest BCUT2D eigenvalue weighted by molar-refractivity contribution is 6.07. The SMILES string of the molecule is C=CC(=N/C=C\C)[C@H](NC(=O)c1ccc2c(c1)CN(C1CCC(=O)NC1=O)C2=O)C1CCC1. The Balaban J connectivity index is 1.52. The van der Waals surface area contributed by atoms with E-state index in [1.807, 2.05) is 13.0 Å². The molecule has 4 rings (SSSR count). The van der Waals surface area contributed by atoms with E-state index in [0.717, 1.165) is 25.0 Å². The lowest BCUT2D eigenvalue weighted by Gasteiger charge is -2.34. The number of nitrogens with zero attached hydrogens (tertiary/aromatic N) is 2. The summed E-state index contributed by atoms with van der Waals surface area (Å²) in [5, 5.41) is 5.41. The van der Waals surface area contributed by atoms with E-state index in [4.69, 9.17) is 0 Å². The van der Waals surface area contributed by atoms with Gasteiger partial charge in [-0.15, -0.1) is 0 Å². The molecule has 33 heavy (non-hydrogen) atoms. The van der Waals surface area contributed by atoms with Crippen LogP contribution in [0.2, 0.25) is 0 Å². The summed E-state index contributed by atoms with van der Waals surface area (Å²) in [6.45, 7) is 5.97. The van der Waals surface area contributed by atoms with E-state index in [1.54, 1.807) is 30.5 Å².